The van der Waals surface area contributed by atoms with Crippen molar-refractivity contribution in [3.63, 3.8) is 0 Å². The van der Waals surface area contributed by atoms with Crippen molar-refractivity contribution in [1.29, 1.82) is 5.26 Å². The third-order valence-electron chi connectivity index (χ3n) is 5.72. The van der Waals surface area contributed by atoms with Gasteiger partial charge in [0.15, 0.2) is 0 Å². The molecule has 1 heterocycles. The van der Waals surface area contributed by atoms with E-state index in [0.29, 0.717) is 17.2 Å². The van der Waals surface area contributed by atoms with Gasteiger partial charge < -0.3 is 0 Å². The minimum absolute atomic E-state index is 0.146. The van der Waals surface area contributed by atoms with Crippen LogP contribution in [0.3, 0.4) is 0 Å². The van der Waals surface area contributed by atoms with Gasteiger partial charge in [0.2, 0.25) is 0 Å². The Bertz CT molecular complexity index is 821. The molecule has 3 nitrogen and oxygen atoms in total. The normalized spacial score (nSPS) is 27.5. The predicted octanol–water partition coefficient (Wildman–Crippen LogP) is 3.96. The second kappa shape index (κ2) is 4.13. The fourth-order valence-electron chi connectivity index (χ4n) is 4.37. The molecule has 2 bridgehead atoms. The summed E-state index contributed by atoms with van der Waals surface area (Å²) in [5.74, 6) is -0.00247. The molecule has 1 aromatic heterocycles. The molecule has 0 spiro atoms. The average molecular weight is 293 g/mol. The zero-order valence-electron chi connectivity index (χ0n) is 12.6. The Morgan fingerprint density at radius 1 is 1.27 bits per heavy atom. The minimum Gasteiger partial charge on any atom is -0.206 e. The lowest BCUT2D eigenvalue weighted by Crippen LogP contribution is -2.34. The fraction of sp³-hybridized carbons (Fsp3) is 0.389. The van der Waals surface area contributed by atoms with Gasteiger partial charge in [0.1, 0.15) is 11.2 Å². The van der Waals surface area contributed by atoms with Gasteiger partial charge in [-0.05, 0) is 47.9 Å². The highest BCUT2D eigenvalue weighted by Crippen LogP contribution is 2.67. The maximum Gasteiger partial charge on any atom is 0.132 e. The molecular formula is C18H16FN3. The number of nitriles is 1. The zero-order valence-corrected chi connectivity index (χ0v) is 12.6. The van der Waals surface area contributed by atoms with Crippen molar-refractivity contribution in [2.24, 2.45) is 5.41 Å². The van der Waals surface area contributed by atoms with E-state index in [2.05, 4.69) is 30.1 Å². The van der Waals surface area contributed by atoms with E-state index in [1.807, 2.05) is 6.07 Å². The molecule has 0 aliphatic heterocycles. The SMILES string of the molecule is CC1(C)C2CCC1(C#N)c1nnc(-c3ccccc3F)cc12. The topological polar surface area (TPSA) is 49.6 Å². The number of benzene rings is 1. The van der Waals surface area contributed by atoms with Crippen LogP contribution in [0.4, 0.5) is 4.39 Å². The van der Waals surface area contributed by atoms with Gasteiger partial charge in [-0.3, -0.25) is 0 Å². The predicted molar refractivity (Wildman–Crippen MR) is 80.5 cm³/mol. The van der Waals surface area contributed by atoms with E-state index in [9.17, 15) is 9.65 Å². The van der Waals surface area contributed by atoms with Crippen LogP contribution in [-0.4, -0.2) is 10.2 Å². The van der Waals surface area contributed by atoms with E-state index in [4.69, 9.17) is 0 Å². The van der Waals surface area contributed by atoms with Gasteiger partial charge in [-0.15, -0.1) is 0 Å². The van der Waals surface area contributed by atoms with E-state index in [0.717, 1.165) is 24.1 Å². The van der Waals surface area contributed by atoms with E-state index in [1.165, 1.54) is 6.07 Å². The number of hydrogen-bond acceptors (Lipinski definition) is 3. The van der Waals surface area contributed by atoms with Crippen molar-refractivity contribution in [3.05, 3.63) is 47.4 Å². The highest BCUT2D eigenvalue weighted by Gasteiger charge is 2.64. The third kappa shape index (κ3) is 1.39. The summed E-state index contributed by atoms with van der Waals surface area (Å²) < 4.78 is 14.0. The molecule has 0 N–H and O–H groups in total. The first-order chi connectivity index (χ1) is 10.5. The molecule has 1 fully saturated rings. The van der Waals surface area contributed by atoms with Crippen LogP contribution in [0.1, 0.15) is 43.9 Å². The summed E-state index contributed by atoms with van der Waals surface area (Å²) in [4.78, 5) is 0. The van der Waals surface area contributed by atoms with Crippen molar-refractivity contribution in [3.8, 4) is 17.3 Å². The minimum atomic E-state index is -0.548. The van der Waals surface area contributed by atoms with Crippen LogP contribution in [0, 0.1) is 22.6 Å². The van der Waals surface area contributed by atoms with E-state index in [-0.39, 0.29) is 11.2 Å². The van der Waals surface area contributed by atoms with Gasteiger partial charge in [-0.25, -0.2) is 4.39 Å². The molecule has 110 valence electrons. The Kier molecular flexibility index (Phi) is 2.51. The van der Waals surface area contributed by atoms with Crippen molar-refractivity contribution in [2.75, 3.05) is 0 Å². The van der Waals surface area contributed by atoms with Gasteiger partial charge in [0, 0.05) is 5.56 Å². The number of halogens is 1. The maximum atomic E-state index is 14.0. The van der Waals surface area contributed by atoms with Crippen molar-refractivity contribution in [1.82, 2.24) is 10.2 Å². The molecule has 1 saturated carbocycles. The van der Waals surface area contributed by atoms with Crippen LogP contribution in [-0.2, 0) is 5.41 Å². The molecule has 2 aliphatic carbocycles. The van der Waals surface area contributed by atoms with Crippen LogP contribution >= 0.6 is 0 Å². The Hall–Kier alpha value is -2.28. The molecule has 22 heavy (non-hydrogen) atoms. The lowest BCUT2D eigenvalue weighted by atomic mass is 9.69. The Morgan fingerprint density at radius 3 is 2.77 bits per heavy atom. The smallest absolute Gasteiger partial charge is 0.132 e. The first-order valence-corrected chi connectivity index (χ1v) is 7.55. The molecule has 2 aliphatic rings. The first-order valence-electron chi connectivity index (χ1n) is 7.55. The van der Waals surface area contributed by atoms with Gasteiger partial charge in [-0.1, -0.05) is 26.0 Å². The average Bonchev–Trinajstić information content (AvgIpc) is 2.89. The standard InChI is InChI=1S/C18H16FN3/c1-17(2)13-7-8-18(17,10-20)16-12(13)9-15(21-22-16)11-5-3-4-6-14(11)19/h3-6,9,13H,7-8H2,1-2H3. The quantitative estimate of drug-likeness (QED) is 0.799. The molecule has 1 aromatic carbocycles. The Morgan fingerprint density at radius 2 is 2.05 bits per heavy atom. The summed E-state index contributed by atoms with van der Waals surface area (Å²) in [5, 5.41) is 18.4. The van der Waals surface area contributed by atoms with Crippen molar-refractivity contribution >= 4 is 0 Å². The van der Waals surface area contributed by atoms with Gasteiger partial charge in [0.25, 0.3) is 0 Å². The summed E-state index contributed by atoms with van der Waals surface area (Å²) >= 11 is 0. The van der Waals surface area contributed by atoms with Crippen molar-refractivity contribution in [2.45, 2.75) is 38.0 Å². The fourth-order valence-corrected chi connectivity index (χ4v) is 4.37. The summed E-state index contributed by atoms with van der Waals surface area (Å²) in [5.41, 5.74) is 2.19. The van der Waals surface area contributed by atoms with Crippen LogP contribution < -0.4 is 0 Å². The summed E-state index contributed by atoms with van der Waals surface area (Å²) in [7, 11) is 0. The largest absolute Gasteiger partial charge is 0.206 e. The van der Waals surface area contributed by atoms with E-state index >= 15 is 0 Å². The number of nitrogens with zero attached hydrogens (tertiary/aromatic N) is 3. The Balaban J connectivity index is 1.92. The Labute approximate surface area is 128 Å². The van der Waals surface area contributed by atoms with Gasteiger partial charge in [0.05, 0.1) is 17.5 Å². The lowest BCUT2D eigenvalue weighted by Gasteiger charge is -2.30. The molecule has 4 rings (SSSR count). The summed E-state index contributed by atoms with van der Waals surface area (Å²) in [6.07, 6.45) is 1.82. The van der Waals surface area contributed by atoms with Crippen molar-refractivity contribution < 1.29 is 4.39 Å². The number of fused-ring (bicyclic) bond motifs is 5. The van der Waals surface area contributed by atoms with E-state index < -0.39 is 5.41 Å². The van der Waals surface area contributed by atoms with Crippen LogP contribution in [0.2, 0.25) is 0 Å². The third-order valence-corrected chi connectivity index (χ3v) is 5.72. The second-order valence-corrected chi connectivity index (χ2v) is 6.84. The molecule has 4 heteroatoms. The second-order valence-electron chi connectivity index (χ2n) is 6.84. The molecule has 0 radical (unpaired) electrons. The van der Waals surface area contributed by atoms with Crippen LogP contribution in [0.15, 0.2) is 30.3 Å². The highest BCUT2D eigenvalue weighted by molar-refractivity contribution is 5.63. The monoisotopic (exact) mass is 293 g/mol. The lowest BCUT2D eigenvalue weighted by molar-refractivity contribution is 0.263. The van der Waals surface area contributed by atoms with Crippen LogP contribution in [0.25, 0.3) is 11.3 Å². The maximum absolute atomic E-state index is 14.0. The van der Waals surface area contributed by atoms with Gasteiger partial charge in [-0.2, -0.15) is 15.5 Å². The molecule has 0 saturated heterocycles. The van der Waals surface area contributed by atoms with Gasteiger partial charge >= 0.3 is 0 Å². The molecule has 2 aromatic rings. The molecule has 2 unspecified atom stereocenters. The molecular weight excluding hydrogens is 277 g/mol. The highest BCUT2D eigenvalue weighted by atomic mass is 19.1. The first kappa shape index (κ1) is 13.4. The zero-order chi connectivity index (χ0) is 15.5. The summed E-state index contributed by atoms with van der Waals surface area (Å²) in [6.45, 7) is 4.27. The molecule has 2 atom stereocenters. The summed E-state index contributed by atoms with van der Waals surface area (Å²) in [6, 6.07) is 11.0. The van der Waals surface area contributed by atoms with E-state index in [1.54, 1.807) is 18.2 Å². The molecule has 0 amide bonds. The number of hydrogen-bond donors (Lipinski definition) is 0. The van der Waals surface area contributed by atoms with Crippen LogP contribution in [0.5, 0.6) is 0 Å². The number of rotatable bonds is 1. The number of aromatic nitrogens is 2.